The van der Waals surface area contributed by atoms with E-state index in [0.717, 1.165) is 26.2 Å². The molecule has 0 aliphatic carbocycles. The number of hydrogen-bond donors (Lipinski definition) is 4. The third-order valence-electron chi connectivity index (χ3n) is 2.48. The van der Waals surface area contributed by atoms with Gasteiger partial charge in [0.2, 0.25) is 0 Å². The van der Waals surface area contributed by atoms with Gasteiger partial charge in [-0.3, -0.25) is 4.84 Å². The van der Waals surface area contributed by atoms with Gasteiger partial charge in [0.25, 0.3) is 0 Å². The van der Waals surface area contributed by atoms with Crippen LogP contribution >= 0.6 is 0 Å². The van der Waals surface area contributed by atoms with Crippen molar-refractivity contribution in [1.82, 2.24) is 16.1 Å². The van der Waals surface area contributed by atoms with E-state index in [4.69, 9.17) is 10.6 Å². The summed E-state index contributed by atoms with van der Waals surface area (Å²) >= 11 is 0. The largest absolute Gasteiger partial charge is 0.329 e. The second-order valence-electron chi connectivity index (χ2n) is 3.96. The van der Waals surface area contributed by atoms with Gasteiger partial charge in [0, 0.05) is 38.6 Å². The summed E-state index contributed by atoms with van der Waals surface area (Å²) in [6.45, 7) is 8.62. The highest BCUT2D eigenvalue weighted by Gasteiger charge is 2.47. The minimum atomic E-state index is -0.117. The number of nitrogens with one attached hydrogen (secondary N) is 3. The maximum atomic E-state index is 5.35. The van der Waals surface area contributed by atoms with Crippen molar-refractivity contribution in [3.05, 3.63) is 0 Å². The van der Waals surface area contributed by atoms with Crippen molar-refractivity contribution in [2.24, 2.45) is 11.7 Å². The number of nitrogens with two attached hydrogens (primary N) is 1. The molecule has 84 valence electrons. The van der Waals surface area contributed by atoms with Crippen LogP contribution in [0.3, 0.4) is 0 Å². The molecule has 0 spiro atoms. The fourth-order valence-electron chi connectivity index (χ4n) is 1.26. The van der Waals surface area contributed by atoms with Crippen LogP contribution in [0.15, 0.2) is 0 Å². The van der Waals surface area contributed by atoms with Crippen LogP contribution in [0.4, 0.5) is 0 Å². The monoisotopic (exact) mass is 202 g/mol. The molecule has 1 aliphatic rings. The van der Waals surface area contributed by atoms with Gasteiger partial charge in [-0.15, -0.1) is 0 Å². The van der Waals surface area contributed by atoms with Crippen molar-refractivity contribution in [3.8, 4) is 0 Å². The van der Waals surface area contributed by atoms with Crippen LogP contribution in [-0.4, -0.2) is 38.4 Å². The Bertz CT molecular complexity index is 159. The summed E-state index contributed by atoms with van der Waals surface area (Å²) in [6.07, 6.45) is 0. The molecule has 0 radical (unpaired) electrons. The van der Waals surface area contributed by atoms with E-state index < -0.39 is 0 Å². The second kappa shape index (κ2) is 5.63. The van der Waals surface area contributed by atoms with Gasteiger partial charge < -0.3 is 16.4 Å². The molecule has 0 amide bonds. The highest BCUT2D eigenvalue weighted by atomic mass is 16.8. The van der Waals surface area contributed by atoms with Gasteiger partial charge in [0.05, 0.1) is 0 Å². The van der Waals surface area contributed by atoms with Crippen LogP contribution in [0.5, 0.6) is 0 Å². The third-order valence-corrected chi connectivity index (χ3v) is 2.48. The van der Waals surface area contributed by atoms with E-state index in [1.807, 2.05) is 0 Å². The maximum absolute atomic E-state index is 5.35. The molecule has 1 saturated heterocycles. The smallest absolute Gasteiger partial charge is 0.176 e. The van der Waals surface area contributed by atoms with Crippen molar-refractivity contribution >= 4 is 0 Å². The average molecular weight is 202 g/mol. The summed E-state index contributed by atoms with van der Waals surface area (Å²) in [4.78, 5) is 5.23. The number of hydrogen-bond acceptors (Lipinski definition) is 5. The zero-order valence-electron chi connectivity index (χ0n) is 9.10. The molecular weight excluding hydrogens is 180 g/mol. The van der Waals surface area contributed by atoms with Crippen LogP contribution in [-0.2, 0) is 4.84 Å². The van der Waals surface area contributed by atoms with E-state index >= 15 is 0 Å². The Labute approximate surface area is 85.7 Å². The van der Waals surface area contributed by atoms with E-state index in [0.29, 0.717) is 12.5 Å². The van der Waals surface area contributed by atoms with Crippen molar-refractivity contribution < 1.29 is 4.84 Å². The van der Waals surface area contributed by atoms with Crippen LogP contribution < -0.4 is 21.8 Å². The minimum absolute atomic E-state index is 0.117. The minimum Gasteiger partial charge on any atom is -0.329 e. The van der Waals surface area contributed by atoms with E-state index in [2.05, 4.69) is 30.0 Å². The molecule has 1 fully saturated rings. The van der Waals surface area contributed by atoms with Gasteiger partial charge in [-0.25, -0.2) is 0 Å². The Hall–Kier alpha value is -0.200. The van der Waals surface area contributed by atoms with Crippen LogP contribution in [0.25, 0.3) is 0 Å². The van der Waals surface area contributed by atoms with Gasteiger partial charge in [-0.2, -0.15) is 5.48 Å². The zero-order chi connectivity index (χ0) is 10.4. The fraction of sp³-hybridized carbons (Fsp3) is 1.00. The lowest BCUT2D eigenvalue weighted by Crippen LogP contribution is -2.39. The predicted molar refractivity (Wildman–Crippen MR) is 56.6 cm³/mol. The summed E-state index contributed by atoms with van der Waals surface area (Å²) in [5, 5.41) is 6.56. The van der Waals surface area contributed by atoms with Gasteiger partial charge in [0.15, 0.2) is 5.72 Å². The van der Waals surface area contributed by atoms with E-state index in [1.54, 1.807) is 0 Å². The lowest BCUT2D eigenvalue weighted by atomic mass is 10.0. The normalized spacial score (nSPS) is 25.7. The first-order valence-electron chi connectivity index (χ1n) is 5.28. The molecule has 1 atom stereocenters. The SMILES string of the molecule is CC(C)C1(CNCCNCCN)NO1. The molecule has 0 aromatic carbocycles. The molecule has 5 heteroatoms. The molecule has 0 aromatic rings. The summed E-state index contributed by atoms with van der Waals surface area (Å²) in [5.41, 5.74) is 8.18. The molecule has 0 bridgehead atoms. The quantitative estimate of drug-likeness (QED) is 0.300. The van der Waals surface area contributed by atoms with Crippen molar-refractivity contribution in [3.63, 3.8) is 0 Å². The summed E-state index contributed by atoms with van der Waals surface area (Å²) in [6, 6.07) is 0. The topological polar surface area (TPSA) is 84.5 Å². The Morgan fingerprint density at radius 2 is 1.93 bits per heavy atom. The fourth-order valence-corrected chi connectivity index (χ4v) is 1.26. The molecule has 14 heavy (non-hydrogen) atoms. The molecular formula is C9H22N4O. The molecule has 5 N–H and O–H groups in total. The summed E-state index contributed by atoms with van der Waals surface area (Å²) in [5.74, 6) is 0.493. The Morgan fingerprint density at radius 3 is 2.43 bits per heavy atom. The Morgan fingerprint density at radius 1 is 1.29 bits per heavy atom. The van der Waals surface area contributed by atoms with Crippen LogP contribution in [0.2, 0.25) is 0 Å². The van der Waals surface area contributed by atoms with Crippen molar-refractivity contribution in [2.75, 3.05) is 32.7 Å². The van der Waals surface area contributed by atoms with E-state index in [-0.39, 0.29) is 5.72 Å². The molecule has 1 aliphatic heterocycles. The Balaban J connectivity index is 1.94. The highest BCUT2D eigenvalue weighted by molar-refractivity contribution is 4.88. The molecule has 1 unspecified atom stereocenters. The number of rotatable bonds is 8. The lowest BCUT2D eigenvalue weighted by molar-refractivity contribution is 0.229. The van der Waals surface area contributed by atoms with Gasteiger partial charge in [-0.05, 0) is 0 Å². The summed E-state index contributed by atoms with van der Waals surface area (Å²) in [7, 11) is 0. The molecule has 1 heterocycles. The maximum Gasteiger partial charge on any atom is 0.176 e. The highest BCUT2D eigenvalue weighted by Crippen LogP contribution is 2.27. The van der Waals surface area contributed by atoms with Crippen molar-refractivity contribution in [2.45, 2.75) is 19.6 Å². The second-order valence-corrected chi connectivity index (χ2v) is 3.96. The van der Waals surface area contributed by atoms with Crippen LogP contribution in [0, 0.1) is 5.92 Å². The molecule has 0 aromatic heterocycles. The van der Waals surface area contributed by atoms with Crippen molar-refractivity contribution in [1.29, 1.82) is 0 Å². The standard InChI is InChI=1S/C9H22N4O/c1-8(2)9(13-14-9)7-12-6-5-11-4-3-10/h8,11-13H,3-7,10H2,1-2H3. The van der Waals surface area contributed by atoms with Crippen LogP contribution in [0.1, 0.15) is 13.8 Å². The zero-order valence-corrected chi connectivity index (χ0v) is 9.10. The molecule has 1 rings (SSSR count). The predicted octanol–water partition coefficient (Wildman–Crippen LogP) is -0.989. The van der Waals surface area contributed by atoms with Gasteiger partial charge >= 0.3 is 0 Å². The van der Waals surface area contributed by atoms with Gasteiger partial charge in [0.1, 0.15) is 0 Å². The summed E-state index contributed by atoms with van der Waals surface area (Å²) < 4.78 is 0. The van der Waals surface area contributed by atoms with E-state index in [1.165, 1.54) is 0 Å². The first-order valence-corrected chi connectivity index (χ1v) is 5.28. The molecule has 5 nitrogen and oxygen atoms in total. The van der Waals surface area contributed by atoms with E-state index in [9.17, 15) is 0 Å². The lowest BCUT2D eigenvalue weighted by Gasteiger charge is -2.14. The average Bonchev–Trinajstić information content (AvgIpc) is 2.92. The first kappa shape index (κ1) is 11.9. The Kier molecular flexibility index (Phi) is 4.77. The van der Waals surface area contributed by atoms with Gasteiger partial charge in [-0.1, -0.05) is 13.8 Å². The third kappa shape index (κ3) is 3.51. The first-order chi connectivity index (χ1) is 6.71. The molecule has 0 saturated carbocycles. The number of hydroxylamine groups is 1.